The standard InChI is InChI=1S/C27H35FN6O4/c1-6-37-25(35)20-16-30-34-13-11-23(32-24(20)34)33-12-7-8-22(33)19-14-18(28)15-29-21(19)10-9-17(2)31-26(36)38-27(3,4)5/h11,13-17,22H,6-10,12H2,1-5H3,(H,31,36)/i17D. The summed E-state index contributed by atoms with van der Waals surface area (Å²) < 4.78 is 35.0. The van der Waals surface area contributed by atoms with Crippen LogP contribution in [0.15, 0.2) is 30.7 Å². The van der Waals surface area contributed by atoms with Gasteiger partial charge in [0.15, 0.2) is 5.65 Å². The average molecular weight is 528 g/mol. The van der Waals surface area contributed by atoms with Gasteiger partial charge in [0.1, 0.15) is 22.8 Å². The topological polar surface area (TPSA) is 111 Å². The van der Waals surface area contributed by atoms with E-state index in [2.05, 4.69) is 20.3 Å². The first-order valence-corrected chi connectivity index (χ1v) is 12.8. The fraction of sp³-hybridized carbons (Fsp3) is 0.519. The maximum Gasteiger partial charge on any atom is 0.407 e. The molecule has 4 heterocycles. The van der Waals surface area contributed by atoms with Crippen molar-refractivity contribution in [2.75, 3.05) is 18.1 Å². The van der Waals surface area contributed by atoms with Gasteiger partial charge in [0.05, 0.1) is 26.4 Å². The van der Waals surface area contributed by atoms with Gasteiger partial charge in [-0.1, -0.05) is 0 Å². The van der Waals surface area contributed by atoms with Crippen LogP contribution in [0.1, 0.15) is 82.9 Å². The van der Waals surface area contributed by atoms with Crippen molar-refractivity contribution < 1.29 is 24.8 Å². The number of ether oxygens (including phenoxy) is 2. The number of alkyl carbamates (subject to hydrolysis) is 1. The number of halogens is 1. The average Bonchev–Trinajstić information content (AvgIpc) is 3.48. The molecule has 3 aromatic rings. The van der Waals surface area contributed by atoms with E-state index in [1.165, 1.54) is 23.0 Å². The highest BCUT2D eigenvalue weighted by molar-refractivity contribution is 5.95. The minimum absolute atomic E-state index is 0.206. The van der Waals surface area contributed by atoms with Crippen LogP contribution in [0.2, 0.25) is 0 Å². The number of fused-ring (bicyclic) bond motifs is 1. The van der Waals surface area contributed by atoms with Crippen molar-refractivity contribution in [3.8, 4) is 0 Å². The highest BCUT2D eigenvalue weighted by Crippen LogP contribution is 2.37. The van der Waals surface area contributed by atoms with Gasteiger partial charge in [-0.25, -0.2) is 23.5 Å². The molecule has 204 valence electrons. The van der Waals surface area contributed by atoms with Crippen molar-refractivity contribution in [2.24, 2.45) is 0 Å². The van der Waals surface area contributed by atoms with Crippen molar-refractivity contribution in [1.29, 1.82) is 0 Å². The molecular formula is C27H35FN6O4. The summed E-state index contributed by atoms with van der Waals surface area (Å²) in [4.78, 5) is 35.7. The Morgan fingerprint density at radius 2 is 2.13 bits per heavy atom. The maximum atomic E-state index is 14.4. The van der Waals surface area contributed by atoms with Gasteiger partial charge < -0.3 is 19.7 Å². The van der Waals surface area contributed by atoms with Gasteiger partial charge in [0.25, 0.3) is 0 Å². The summed E-state index contributed by atoms with van der Waals surface area (Å²) in [5, 5.41) is 6.79. The highest BCUT2D eigenvalue weighted by Gasteiger charge is 2.31. The smallest absolute Gasteiger partial charge is 0.407 e. The second-order valence-corrected chi connectivity index (χ2v) is 10.3. The van der Waals surface area contributed by atoms with Crippen molar-refractivity contribution in [1.82, 2.24) is 24.9 Å². The third-order valence-electron chi connectivity index (χ3n) is 6.18. The van der Waals surface area contributed by atoms with Crippen LogP contribution in [-0.2, 0) is 15.9 Å². The minimum atomic E-state index is -1.32. The minimum Gasteiger partial charge on any atom is -0.462 e. The van der Waals surface area contributed by atoms with Crippen molar-refractivity contribution >= 4 is 23.5 Å². The number of carbonyl (C=O) groups is 2. The van der Waals surface area contributed by atoms with Crippen LogP contribution in [0.4, 0.5) is 15.0 Å². The third-order valence-corrected chi connectivity index (χ3v) is 6.18. The number of rotatable bonds is 8. The van der Waals surface area contributed by atoms with E-state index in [1.807, 2.05) is 6.07 Å². The van der Waals surface area contributed by atoms with Crippen molar-refractivity contribution in [2.45, 2.75) is 78.0 Å². The molecule has 0 radical (unpaired) electrons. The monoisotopic (exact) mass is 527 g/mol. The molecule has 4 rings (SSSR count). The van der Waals surface area contributed by atoms with E-state index in [9.17, 15) is 14.0 Å². The largest absolute Gasteiger partial charge is 0.462 e. The van der Waals surface area contributed by atoms with Gasteiger partial charge in [0.2, 0.25) is 0 Å². The number of nitrogens with one attached hydrogen (secondary N) is 1. The number of aryl methyl sites for hydroxylation is 1. The Kier molecular flexibility index (Phi) is 7.71. The fourth-order valence-corrected chi connectivity index (χ4v) is 4.56. The second kappa shape index (κ2) is 11.3. The maximum absolute atomic E-state index is 14.4. The van der Waals surface area contributed by atoms with E-state index >= 15 is 0 Å². The Labute approximate surface area is 222 Å². The van der Waals surface area contributed by atoms with Crippen molar-refractivity contribution in [3.05, 3.63) is 53.4 Å². The van der Waals surface area contributed by atoms with Gasteiger partial charge in [-0.3, -0.25) is 4.98 Å². The number of carbonyl (C=O) groups excluding carboxylic acids is 2. The number of pyridine rings is 1. The molecule has 2 unspecified atom stereocenters. The summed E-state index contributed by atoms with van der Waals surface area (Å²) in [5.74, 6) is -0.321. The van der Waals surface area contributed by atoms with E-state index in [0.717, 1.165) is 12.8 Å². The molecule has 11 heteroatoms. The highest BCUT2D eigenvalue weighted by atomic mass is 19.1. The lowest BCUT2D eigenvalue weighted by atomic mass is 9.98. The summed E-state index contributed by atoms with van der Waals surface area (Å²) in [6.07, 6.45) is 5.86. The summed E-state index contributed by atoms with van der Waals surface area (Å²) in [6.45, 7) is 9.52. The van der Waals surface area contributed by atoms with E-state index in [0.29, 0.717) is 35.7 Å². The van der Waals surface area contributed by atoms with Crippen LogP contribution in [0, 0.1) is 5.82 Å². The molecule has 1 fully saturated rings. The predicted molar refractivity (Wildman–Crippen MR) is 140 cm³/mol. The SMILES string of the molecule is [2H]C(C)(CCc1ncc(F)cc1C1CCCN1c1ccn2ncc(C(=O)OCC)c2n1)NC(=O)OC(C)(C)C. The van der Waals surface area contributed by atoms with Crippen LogP contribution >= 0.6 is 0 Å². The summed E-state index contributed by atoms with van der Waals surface area (Å²) in [6, 6.07) is 1.77. The summed E-state index contributed by atoms with van der Waals surface area (Å²) in [7, 11) is 0. The molecule has 0 aromatic carbocycles. The number of esters is 1. The molecule has 3 aromatic heterocycles. The summed E-state index contributed by atoms with van der Waals surface area (Å²) >= 11 is 0. The number of hydrogen-bond acceptors (Lipinski definition) is 8. The van der Waals surface area contributed by atoms with E-state index in [1.54, 1.807) is 40.8 Å². The van der Waals surface area contributed by atoms with Crippen LogP contribution in [0.5, 0.6) is 0 Å². The first-order valence-electron chi connectivity index (χ1n) is 13.3. The molecule has 1 N–H and O–H groups in total. The van der Waals surface area contributed by atoms with Crippen LogP contribution in [0.25, 0.3) is 5.65 Å². The molecule has 0 spiro atoms. The van der Waals surface area contributed by atoms with E-state index < -0.39 is 29.5 Å². The molecular weight excluding hydrogens is 491 g/mol. The van der Waals surface area contributed by atoms with Crippen LogP contribution < -0.4 is 10.2 Å². The molecule has 0 aliphatic carbocycles. The van der Waals surface area contributed by atoms with Gasteiger partial charge in [-0.2, -0.15) is 5.10 Å². The zero-order valence-corrected chi connectivity index (χ0v) is 22.5. The predicted octanol–water partition coefficient (Wildman–Crippen LogP) is 4.63. The zero-order chi connectivity index (χ0) is 28.4. The van der Waals surface area contributed by atoms with Crippen LogP contribution in [0.3, 0.4) is 0 Å². The Balaban J connectivity index is 1.57. The quantitative estimate of drug-likeness (QED) is 0.422. The number of anilines is 1. The number of aromatic nitrogens is 4. The molecule has 1 saturated heterocycles. The Morgan fingerprint density at radius 3 is 2.87 bits per heavy atom. The van der Waals surface area contributed by atoms with Gasteiger partial charge in [-0.15, -0.1) is 0 Å². The van der Waals surface area contributed by atoms with E-state index in [4.69, 9.17) is 15.8 Å². The Morgan fingerprint density at radius 1 is 1.34 bits per heavy atom. The second-order valence-electron chi connectivity index (χ2n) is 10.3. The molecule has 38 heavy (non-hydrogen) atoms. The van der Waals surface area contributed by atoms with Gasteiger partial charge in [-0.05, 0) is 78.0 Å². The lowest BCUT2D eigenvalue weighted by Gasteiger charge is -2.28. The molecule has 10 nitrogen and oxygen atoms in total. The Bertz CT molecular complexity index is 1360. The number of nitrogens with zero attached hydrogens (tertiary/aromatic N) is 5. The lowest BCUT2D eigenvalue weighted by Crippen LogP contribution is -2.38. The van der Waals surface area contributed by atoms with Gasteiger partial charge in [0, 0.05) is 24.5 Å². The normalized spacial score (nSPS) is 17.7. The number of amides is 1. The molecule has 2 atom stereocenters. The Hall–Kier alpha value is -3.76. The molecule has 1 amide bonds. The van der Waals surface area contributed by atoms with Gasteiger partial charge >= 0.3 is 12.1 Å². The molecule has 1 aliphatic heterocycles. The fourth-order valence-electron chi connectivity index (χ4n) is 4.56. The first kappa shape index (κ1) is 25.9. The first-order chi connectivity index (χ1) is 18.4. The van der Waals surface area contributed by atoms with E-state index in [-0.39, 0.29) is 24.6 Å². The third kappa shape index (κ3) is 6.38. The molecule has 0 saturated carbocycles. The zero-order valence-electron chi connectivity index (χ0n) is 23.5. The molecule has 0 bridgehead atoms. The summed E-state index contributed by atoms with van der Waals surface area (Å²) in [5.41, 5.74) is 1.34. The van der Waals surface area contributed by atoms with Crippen molar-refractivity contribution in [3.63, 3.8) is 0 Å². The number of hydrogen-bond donors (Lipinski definition) is 1. The molecule has 1 aliphatic rings. The van der Waals surface area contributed by atoms with Crippen LogP contribution in [-0.4, -0.2) is 56.4 Å². The lowest BCUT2D eigenvalue weighted by molar-refractivity contribution is 0.0502.